The molecule has 0 unspecified atom stereocenters. The highest BCUT2D eigenvalue weighted by Crippen LogP contribution is 2.21. The van der Waals surface area contributed by atoms with Crippen molar-refractivity contribution in [3.63, 3.8) is 0 Å². The van der Waals surface area contributed by atoms with Gasteiger partial charge in [-0.15, -0.1) is 0 Å². The summed E-state index contributed by atoms with van der Waals surface area (Å²) in [6.45, 7) is 1.26. The zero-order valence-corrected chi connectivity index (χ0v) is 12.6. The van der Waals surface area contributed by atoms with Crippen LogP contribution in [0.4, 0.5) is 5.69 Å². The van der Waals surface area contributed by atoms with Crippen molar-refractivity contribution in [2.24, 2.45) is 4.99 Å². The van der Waals surface area contributed by atoms with E-state index in [9.17, 15) is 15.2 Å². The summed E-state index contributed by atoms with van der Waals surface area (Å²) < 4.78 is 5.80. The Kier molecular flexibility index (Phi) is 6.33. The summed E-state index contributed by atoms with van der Waals surface area (Å²) in [6.07, 6.45) is 8.83. The molecule has 0 aliphatic heterocycles. The molecule has 0 bridgehead atoms. The molecule has 1 aliphatic carbocycles. The zero-order valence-electron chi connectivity index (χ0n) is 12.6. The highest BCUT2D eigenvalue weighted by atomic mass is 16.6. The van der Waals surface area contributed by atoms with E-state index in [2.05, 4.69) is 4.99 Å². The maximum Gasteiger partial charge on any atom is 0.270 e. The van der Waals surface area contributed by atoms with Gasteiger partial charge in [0.1, 0.15) is 5.75 Å². The van der Waals surface area contributed by atoms with E-state index in [4.69, 9.17) is 4.74 Å². The maximum atomic E-state index is 10.7. The molecule has 0 aromatic heterocycles. The molecule has 0 radical (unpaired) electrons. The maximum absolute atomic E-state index is 10.7. The average Bonchev–Trinajstić information content (AvgIpc) is 2.53. The fraction of sp³-hybridized carbons (Fsp3) is 0.562. The second-order valence-corrected chi connectivity index (χ2v) is 5.52. The number of hydrogen-bond acceptors (Lipinski definition) is 5. The molecular formula is C16H22N2O4. The average molecular weight is 306 g/mol. The first-order valence-electron chi connectivity index (χ1n) is 7.75. The molecule has 0 heterocycles. The van der Waals surface area contributed by atoms with Crippen LogP contribution >= 0.6 is 0 Å². The lowest BCUT2D eigenvalue weighted by Crippen LogP contribution is -2.17. The van der Waals surface area contributed by atoms with E-state index in [1.807, 2.05) is 0 Å². The van der Waals surface area contributed by atoms with Crippen LogP contribution in [0, 0.1) is 10.1 Å². The number of aromatic hydroxyl groups is 1. The van der Waals surface area contributed by atoms with Gasteiger partial charge in [0.05, 0.1) is 11.0 Å². The number of nitro benzene ring substituents is 1. The minimum atomic E-state index is -0.491. The fourth-order valence-electron chi connectivity index (χ4n) is 2.56. The molecule has 0 saturated heterocycles. The van der Waals surface area contributed by atoms with Crippen molar-refractivity contribution in [1.82, 2.24) is 0 Å². The van der Waals surface area contributed by atoms with Gasteiger partial charge in [0.2, 0.25) is 0 Å². The van der Waals surface area contributed by atoms with Crippen molar-refractivity contribution in [1.29, 1.82) is 0 Å². The van der Waals surface area contributed by atoms with E-state index in [0.717, 1.165) is 19.3 Å². The monoisotopic (exact) mass is 306 g/mol. The predicted octanol–water partition coefficient (Wildman–Crippen LogP) is 3.46. The number of benzene rings is 1. The molecule has 1 aromatic rings. The van der Waals surface area contributed by atoms with Crippen LogP contribution in [0.25, 0.3) is 0 Å². The molecule has 0 spiro atoms. The van der Waals surface area contributed by atoms with E-state index in [1.54, 1.807) is 0 Å². The molecular weight excluding hydrogens is 284 g/mol. The van der Waals surface area contributed by atoms with E-state index in [1.165, 1.54) is 43.7 Å². The highest BCUT2D eigenvalue weighted by Gasteiger charge is 2.13. The Hall–Kier alpha value is -1.95. The number of rotatable bonds is 7. The lowest BCUT2D eigenvalue weighted by atomic mass is 9.98. The Bertz CT molecular complexity index is 525. The molecule has 0 atom stereocenters. The van der Waals surface area contributed by atoms with Crippen molar-refractivity contribution in [2.75, 3.05) is 13.2 Å². The Labute approximate surface area is 130 Å². The van der Waals surface area contributed by atoms with Crippen LogP contribution in [0.2, 0.25) is 0 Å². The van der Waals surface area contributed by atoms with Crippen LogP contribution in [0.15, 0.2) is 23.2 Å². The van der Waals surface area contributed by atoms with Gasteiger partial charge in [0.15, 0.2) is 0 Å². The first kappa shape index (κ1) is 16.4. The fourth-order valence-corrected chi connectivity index (χ4v) is 2.56. The summed E-state index contributed by atoms with van der Waals surface area (Å²) >= 11 is 0. The van der Waals surface area contributed by atoms with Gasteiger partial charge in [-0.25, -0.2) is 0 Å². The lowest BCUT2D eigenvalue weighted by Gasteiger charge is -2.21. The van der Waals surface area contributed by atoms with Gasteiger partial charge in [0, 0.05) is 37.1 Å². The van der Waals surface area contributed by atoms with E-state index < -0.39 is 4.92 Å². The van der Waals surface area contributed by atoms with Crippen LogP contribution in [0.3, 0.4) is 0 Å². The Morgan fingerprint density at radius 2 is 2.14 bits per heavy atom. The first-order chi connectivity index (χ1) is 10.7. The largest absolute Gasteiger partial charge is 0.507 e. The zero-order chi connectivity index (χ0) is 15.8. The number of non-ortho nitro benzene ring substituents is 1. The van der Waals surface area contributed by atoms with Gasteiger partial charge < -0.3 is 9.84 Å². The molecule has 1 aliphatic rings. The smallest absolute Gasteiger partial charge is 0.270 e. The SMILES string of the molecule is O=[N+]([O-])c1ccc(O)c(C=NCCCOC2CCCCC2)c1. The number of nitrogens with zero attached hydrogens (tertiary/aromatic N) is 2. The standard InChI is InChI=1S/C16H22N2O4/c19-16-8-7-14(18(20)21)11-13(16)12-17-9-4-10-22-15-5-2-1-3-6-15/h7-8,11-12,15,19H,1-6,9-10H2. The molecule has 0 amide bonds. The molecule has 2 rings (SSSR count). The van der Waals surface area contributed by atoms with Crippen LogP contribution in [0.1, 0.15) is 44.1 Å². The summed E-state index contributed by atoms with van der Waals surface area (Å²) in [4.78, 5) is 14.4. The van der Waals surface area contributed by atoms with Crippen molar-refractivity contribution >= 4 is 11.9 Å². The summed E-state index contributed by atoms with van der Waals surface area (Å²) in [5.41, 5.74) is 0.308. The molecule has 1 fully saturated rings. The molecule has 6 heteroatoms. The van der Waals surface area contributed by atoms with E-state index in [-0.39, 0.29) is 11.4 Å². The number of hydrogen-bond donors (Lipinski definition) is 1. The summed E-state index contributed by atoms with van der Waals surface area (Å²) in [6, 6.07) is 3.90. The number of phenols is 1. The lowest BCUT2D eigenvalue weighted by molar-refractivity contribution is -0.384. The van der Waals surface area contributed by atoms with E-state index >= 15 is 0 Å². The van der Waals surface area contributed by atoms with Crippen molar-refractivity contribution in [3.8, 4) is 5.75 Å². The second kappa shape index (κ2) is 8.48. The topological polar surface area (TPSA) is 85.0 Å². The van der Waals surface area contributed by atoms with Crippen molar-refractivity contribution in [3.05, 3.63) is 33.9 Å². The molecule has 1 saturated carbocycles. The molecule has 1 N–H and O–H groups in total. The summed E-state index contributed by atoms with van der Waals surface area (Å²) in [5.74, 6) is -0.00666. The molecule has 1 aromatic carbocycles. The van der Waals surface area contributed by atoms with Crippen molar-refractivity contribution < 1.29 is 14.8 Å². The van der Waals surface area contributed by atoms with Gasteiger partial charge >= 0.3 is 0 Å². The third-order valence-electron chi connectivity index (χ3n) is 3.79. The number of ether oxygens (including phenoxy) is 1. The van der Waals surface area contributed by atoms with Crippen LogP contribution in [-0.2, 0) is 4.74 Å². The van der Waals surface area contributed by atoms with Crippen LogP contribution in [-0.4, -0.2) is 35.5 Å². The third kappa shape index (κ3) is 5.11. The Morgan fingerprint density at radius 3 is 2.86 bits per heavy atom. The molecule has 22 heavy (non-hydrogen) atoms. The van der Waals surface area contributed by atoms with Gasteiger partial charge in [0.25, 0.3) is 5.69 Å². The highest BCUT2D eigenvalue weighted by molar-refractivity contribution is 5.84. The first-order valence-corrected chi connectivity index (χ1v) is 7.75. The minimum absolute atomic E-state index is 0.00666. The second-order valence-electron chi connectivity index (χ2n) is 5.52. The Morgan fingerprint density at radius 1 is 1.36 bits per heavy atom. The van der Waals surface area contributed by atoms with Crippen LogP contribution in [0.5, 0.6) is 5.75 Å². The van der Waals surface area contributed by atoms with Crippen LogP contribution < -0.4 is 0 Å². The van der Waals surface area contributed by atoms with Gasteiger partial charge in [-0.3, -0.25) is 15.1 Å². The summed E-state index contributed by atoms with van der Waals surface area (Å²) in [5, 5.41) is 20.3. The third-order valence-corrected chi connectivity index (χ3v) is 3.79. The normalized spacial score (nSPS) is 16.2. The quantitative estimate of drug-likeness (QED) is 0.362. The number of phenolic OH excluding ortho intramolecular Hbond substituents is 1. The molecule has 120 valence electrons. The van der Waals surface area contributed by atoms with Gasteiger partial charge in [-0.05, 0) is 25.3 Å². The number of aliphatic imine (C=N–C) groups is 1. The minimum Gasteiger partial charge on any atom is -0.507 e. The van der Waals surface area contributed by atoms with Crippen molar-refractivity contribution in [2.45, 2.75) is 44.6 Å². The number of nitro groups is 1. The van der Waals surface area contributed by atoms with E-state index in [0.29, 0.717) is 24.8 Å². The van der Waals surface area contributed by atoms with Gasteiger partial charge in [-0.2, -0.15) is 0 Å². The summed E-state index contributed by atoms with van der Waals surface area (Å²) in [7, 11) is 0. The Balaban J connectivity index is 1.73. The predicted molar refractivity (Wildman–Crippen MR) is 84.7 cm³/mol. The molecule has 6 nitrogen and oxygen atoms in total. The van der Waals surface area contributed by atoms with Gasteiger partial charge in [-0.1, -0.05) is 19.3 Å².